The first-order valence-electron chi connectivity index (χ1n) is 8.46. The van der Waals surface area contributed by atoms with Crippen molar-refractivity contribution in [2.45, 2.75) is 58.8 Å². The van der Waals surface area contributed by atoms with E-state index in [-0.39, 0.29) is 5.41 Å². The Hall–Kier alpha value is -0.850. The number of hydrogen-bond acceptors (Lipinski definition) is 1. The molecule has 0 heterocycles. The Kier molecular flexibility index (Phi) is 2.63. The number of allylic oxidation sites excluding steroid dienone is 4. The fourth-order valence-corrected chi connectivity index (χ4v) is 5.99. The van der Waals surface area contributed by atoms with E-state index in [9.17, 15) is 4.79 Å². The molecule has 5 atom stereocenters. The summed E-state index contributed by atoms with van der Waals surface area (Å²) in [5.41, 5.74) is 2.21. The van der Waals surface area contributed by atoms with Crippen LogP contribution in [-0.2, 0) is 4.79 Å². The van der Waals surface area contributed by atoms with Crippen LogP contribution in [-0.4, -0.2) is 5.78 Å². The number of hydrogen-bond donors (Lipinski definition) is 0. The number of ketones is 1. The molecule has 4 aliphatic rings. The topological polar surface area (TPSA) is 17.1 Å². The average molecular weight is 270 g/mol. The van der Waals surface area contributed by atoms with Crippen LogP contribution in [0.2, 0.25) is 0 Å². The third-order valence-electron chi connectivity index (χ3n) is 7.30. The monoisotopic (exact) mass is 270 g/mol. The highest BCUT2D eigenvalue weighted by atomic mass is 16.1. The van der Waals surface area contributed by atoms with Gasteiger partial charge in [-0.3, -0.25) is 4.79 Å². The molecule has 2 fully saturated rings. The second-order valence-corrected chi connectivity index (χ2v) is 8.22. The van der Waals surface area contributed by atoms with Crippen molar-refractivity contribution in [1.82, 2.24) is 0 Å². The molecule has 0 spiro atoms. The zero-order chi connectivity index (χ0) is 14.0. The lowest BCUT2D eigenvalue weighted by Crippen LogP contribution is -2.47. The number of rotatable bonds is 0. The van der Waals surface area contributed by atoms with Crippen LogP contribution in [0.1, 0.15) is 58.8 Å². The maximum Gasteiger partial charge on any atom is 0.156 e. The molecule has 4 aliphatic carbocycles. The van der Waals surface area contributed by atoms with Gasteiger partial charge in [0.25, 0.3) is 0 Å². The molecule has 0 saturated heterocycles. The van der Waals surface area contributed by atoms with Gasteiger partial charge in [-0.05, 0) is 72.3 Å². The van der Waals surface area contributed by atoms with E-state index in [0.29, 0.717) is 11.2 Å². The quantitative estimate of drug-likeness (QED) is 0.624. The summed E-state index contributed by atoms with van der Waals surface area (Å²) in [7, 11) is 0. The predicted octanol–water partition coefficient (Wildman–Crippen LogP) is 4.68. The van der Waals surface area contributed by atoms with Gasteiger partial charge in [0.15, 0.2) is 5.78 Å². The molecule has 0 aromatic carbocycles. The summed E-state index contributed by atoms with van der Waals surface area (Å²) >= 11 is 0. The highest BCUT2D eigenvalue weighted by Gasteiger charge is 2.54. The standard InChI is InChI=1S/C19H26O/c1-18-9-3-4-16(18)15-6-5-13-12-14(20)7-11-19(13,2)17(15)8-10-18/h5-6,12,15-17H,3-4,7-11H2,1-2H3. The van der Waals surface area contributed by atoms with Crippen molar-refractivity contribution in [1.29, 1.82) is 0 Å². The van der Waals surface area contributed by atoms with Crippen molar-refractivity contribution < 1.29 is 4.79 Å². The van der Waals surface area contributed by atoms with Gasteiger partial charge in [-0.2, -0.15) is 0 Å². The predicted molar refractivity (Wildman–Crippen MR) is 81.2 cm³/mol. The molecule has 0 aromatic rings. The molecule has 2 saturated carbocycles. The molecule has 4 rings (SSSR count). The molecule has 108 valence electrons. The molecule has 0 N–H and O–H groups in total. The highest BCUT2D eigenvalue weighted by Crippen LogP contribution is 2.63. The van der Waals surface area contributed by atoms with Crippen LogP contribution in [0, 0.1) is 28.6 Å². The van der Waals surface area contributed by atoms with Crippen LogP contribution in [0.15, 0.2) is 23.8 Å². The largest absolute Gasteiger partial charge is 0.295 e. The smallest absolute Gasteiger partial charge is 0.156 e. The molecule has 1 heteroatoms. The van der Waals surface area contributed by atoms with Crippen LogP contribution in [0.5, 0.6) is 0 Å². The maximum absolute atomic E-state index is 11.7. The fourth-order valence-electron chi connectivity index (χ4n) is 5.99. The van der Waals surface area contributed by atoms with E-state index in [2.05, 4.69) is 26.0 Å². The summed E-state index contributed by atoms with van der Waals surface area (Å²) in [4.78, 5) is 11.7. The summed E-state index contributed by atoms with van der Waals surface area (Å²) in [5, 5.41) is 0. The lowest BCUT2D eigenvalue weighted by molar-refractivity contribution is -0.116. The molecule has 20 heavy (non-hydrogen) atoms. The van der Waals surface area contributed by atoms with Crippen LogP contribution >= 0.6 is 0 Å². The van der Waals surface area contributed by atoms with Crippen LogP contribution < -0.4 is 0 Å². The van der Waals surface area contributed by atoms with E-state index in [4.69, 9.17) is 0 Å². The highest BCUT2D eigenvalue weighted by molar-refractivity contribution is 5.92. The van der Waals surface area contributed by atoms with Gasteiger partial charge >= 0.3 is 0 Å². The average Bonchev–Trinajstić information content (AvgIpc) is 2.81. The van der Waals surface area contributed by atoms with E-state index in [1.54, 1.807) is 0 Å². The molecule has 0 bridgehead atoms. The minimum atomic E-state index is 0.275. The first-order valence-corrected chi connectivity index (χ1v) is 8.46. The number of fused-ring (bicyclic) bond motifs is 5. The molecular weight excluding hydrogens is 244 g/mol. The Morgan fingerprint density at radius 2 is 1.95 bits per heavy atom. The van der Waals surface area contributed by atoms with Crippen molar-refractivity contribution in [3.8, 4) is 0 Å². The molecule has 0 amide bonds. The van der Waals surface area contributed by atoms with Crippen LogP contribution in [0.4, 0.5) is 0 Å². The van der Waals surface area contributed by atoms with Gasteiger partial charge in [0.05, 0.1) is 0 Å². The zero-order valence-corrected chi connectivity index (χ0v) is 12.8. The Morgan fingerprint density at radius 1 is 1.10 bits per heavy atom. The van der Waals surface area contributed by atoms with Crippen LogP contribution in [0.3, 0.4) is 0 Å². The first kappa shape index (κ1) is 12.9. The van der Waals surface area contributed by atoms with Gasteiger partial charge in [-0.25, -0.2) is 0 Å². The SMILES string of the molecule is CC12CCCC1C1C=CC3=CC(=O)CCC3(C)C1CC2. The maximum atomic E-state index is 11.7. The third kappa shape index (κ3) is 1.58. The number of carbonyl (C=O) groups is 1. The summed E-state index contributed by atoms with van der Waals surface area (Å²) in [6.07, 6.45) is 15.6. The normalized spacial score (nSPS) is 50.2. The second kappa shape index (κ2) is 4.08. The molecule has 0 radical (unpaired) electrons. The van der Waals surface area contributed by atoms with Crippen molar-refractivity contribution in [3.63, 3.8) is 0 Å². The summed E-state index contributed by atoms with van der Waals surface area (Å²) in [5.74, 6) is 2.78. The zero-order valence-electron chi connectivity index (χ0n) is 12.8. The third-order valence-corrected chi connectivity index (χ3v) is 7.30. The van der Waals surface area contributed by atoms with Gasteiger partial charge in [-0.1, -0.05) is 32.4 Å². The van der Waals surface area contributed by atoms with Gasteiger partial charge in [-0.15, -0.1) is 0 Å². The Morgan fingerprint density at radius 3 is 2.80 bits per heavy atom. The van der Waals surface area contributed by atoms with Crippen molar-refractivity contribution >= 4 is 5.78 Å². The molecule has 5 unspecified atom stereocenters. The molecule has 0 aromatic heterocycles. The minimum Gasteiger partial charge on any atom is -0.295 e. The summed E-state index contributed by atoms with van der Waals surface area (Å²) < 4.78 is 0. The van der Waals surface area contributed by atoms with Gasteiger partial charge in [0.2, 0.25) is 0 Å². The lowest BCUT2D eigenvalue weighted by atomic mass is 9.49. The summed E-state index contributed by atoms with van der Waals surface area (Å²) in [6, 6.07) is 0. The van der Waals surface area contributed by atoms with Crippen molar-refractivity contribution in [2.24, 2.45) is 28.6 Å². The summed E-state index contributed by atoms with van der Waals surface area (Å²) in [6.45, 7) is 4.97. The Bertz CT molecular complexity index is 514. The Labute approximate surface area is 122 Å². The van der Waals surface area contributed by atoms with Crippen LogP contribution in [0.25, 0.3) is 0 Å². The van der Waals surface area contributed by atoms with E-state index in [1.165, 1.54) is 37.7 Å². The van der Waals surface area contributed by atoms with E-state index < -0.39 is 0 Å². The molecule has 0 aliphatic heterocycles. The van der Waals surface area contributed by atoms with E-state index in [0.717, 1.165) is 30.6 Å². The van der Waals surface area contributed by atoms with Gasteiger partial charge in [0, 0.05) is 6.42 Å². The van der Waals surface area contributed by atoms with E-state index in [1.807, 2.05) is 6.08 Å². The second-order valence-electron chi connectivity index (χ2n) is 8.22. The van der Waals surface area contributed by atoms with Crippen molar-refractivity contribution in [3.05, 3.63) is 23.8 Å². The Balaban J connectivity index is 1.76. The molecule has 1 nitrogen and oxygen atoms in total. The van der Waals surface area contributed by atoms with Gasteiger partial charge in [0.1, 0.15) is 0 Å². The molecular formula is C19H26O. The first-order chi connectivity index (χ1) is 9.53. The minimum absolute atomic E-state index is 0.275. The van der Waals surface area contributed by atoms with Crippen molar-refractivity contribution in [2.75, 3.05) is 0 Å². The number of carbonyl (C=O) groups excluding carboxylic acids is 1. The fraction of sp³-hybridized carbons (Fsp3) is 0.737. The lowest BCUT2D eigenvalue weighted by Gasteiger charge is -2.55. The van der Waals surface area contributed by atoms with E-state index >= 15 is 0 Å². The van der Waals surface area contributed by atoms with Gasteiger partial charge < -0.3 is 0 Å².